The van der Waals surface area contributed by atoms with Crippen molar-refractivity contribution in [2.75, 3.05) is 19.6 Å². The molecule has 0 unspecified atom stereocenters. The van der Waals surface area contributed by atoms with Crippen LogP contribution in [-0.4, -0.2) is 41.1 Å². The highest BCUT2D eigenvalue weighted by Gasteiger charge is 2.27. The van der Waals surface area contributed by atoms with Crippen molar-refractivity contribution in [2.24, 2.45) is 5.92 Å². The van der Waals surface area contributed by atoms with Crippen LogP contribution in [0.1, 0.15) is 69.6 Å². The number of likely N-dealkylation sites (tertiary alicyclic amines) is 1. The number of hydrogen-bond acceptors (Lipinski definition) is 4. The third-order valence-electron chi connectivity index (χ3n) is 4.28. The van der Waals surface area contributed by atoms with Gasteiger partial charge in [-0.05, 0) is 45.7 Å². The Hall–Kier alpha value is -1.36. The summed E-state index contributed by atoms with van der Waals surface area (Å²) in [5.41, 5.74) is 0.0817. The Kier molecular flexibility index (Phi) is 5.27. The first-order valence-electron chi connectivity index (χ1n) is 8.28. The number of rotatable bonds is 5. The molecular weight excluding hydrogens is 278 g/mol. The van der Waals surface area contributed by atoms with Gasteiger partial charge in [-0.15, -0.1) is 0 Å². The Bertz CT molecular complexity index is 500. The van der Waals surface area contributed by atoms with E-state index in [0.717, 1.165) is 31.3 Å². The highest BCUT2D eigenvalue weighted by atomic mass is 16.5. The largest absolute Gasteiger partial charge is 0.360 e. The first-order chi connectivity index (χ1) is 10.3. The van der Waals surface area contributed by atoms with Crippen molar-refractivity contribution in [3.8, 4) is 0 Å². The van der Waals surface area contributed by atoms with Crippen LogP contribution in [-0.2, 0) is 0 Å². The lowest BCUT2D eigenvalue weighted by molar-refractivity contribution is 0.0858. The van der Waals surface area contributed by atoms with E-state index in [-0.39, 0.29) is 17.4 Å². The number of nitrogens with one attached hydrogen (secondary N) is 1. The van der Waals surface area contributed by atoms with E-state index >= 15 is 0 Å². The van der Waals surface area contributed by atoms with Crippen LogP contribution in [0.4, 0.5) is 0 Å². The molecule has 2 heterocycles. The number of nitrogens with zero attached hydrogens (tertiary/aromatic N) is 2. The topological polar surface area (TPSA) is 58.4 Å². The molecule has 1 aliphatic rings. The van der Waals surface area contributed by atoms with E-state index in [2.05, 4.69) is 36.1 Å². The van der Waals surface area contributed by atoms with Crippen LogP contribution in [0.2, 0.25) is 0 Å². The predicted octanol–water partition coefficient (Wildman–Crippen LogP) is 3.04. The fourth-order valence-corrected chi connectivity index (χ4v) is 2.86. The fraction of sp³-hybridized carbons (Fsp3) is 0.765. The number of piperidine rings is 1. The highest BCUT2D eigenvalue weighted by Crippen LogP contribution is 2.19. The molecule has 1 N–H and O–H groups in total. The zero-order chi connectivity index (χ0) is 16.3. The molecule has 124 valence electrons. The molecule has 0 bridgehead atoms. The zero-order valence-electron chi connectivity index (χ0n) is 14.5. The maximum atomic E-state index is 12.3. The van der Waals surface area contributed by atoms with Crippen molar-refractivity contribution in [2.45, 2.75) is 58.9 Å². The molecule has 5 heteroatoms. The Labute approximate surface area is 133 Å². The zero-order valence-corrected chi connectivity index (χ0v) is 14.5. The molecule has 1 aromatic rings. The summed E-state index contributed by atoms with van der Waals surface area (Å²) in [7, 11) is 0. The lowest BCUT2D eigenvalue weighted by Crippen LogP contribution is -2.52. The van der Waals surface area contributed by atoms with Gasteiger partial charge in [-0.25, -0.2) is 0 Å². The van der Waals surface area contributed by atoms with Crippen LogP contribution in [0.25, 0.3) is 0 Å². The van der Waals surface area contributed by atoms with E-state index in [1.165, 1.54) is 12.8 Å². The third-order valence-corrected chi connectivity index (χ3v) is 4.28. The van der Waals surface area contributed by atoms with Crippen molar-refractivity contribution in [1.29, 1.82) is 0 Å². The molecular formula is C17H29N3O2. The van der Waals surface area contributed by atoms with Crippen molar-refractivity contribution in [1.82, 2.24) is 15.4 Å². The molecule has 0 saturated carbocycles. The summed E-state index contributed by atoms with van der Waals surface area (Å²) in [6, 6.07) is 1.73. The third kappa shape index (κ3) is 4.57. The average molecular weight is 307 g/mol. The molecule has 1 aromatic heterocycles. The summed E-state index contributed by atoms with van der Waals surface area (Å²) >= 11 is 0. The smallest absolute Gasteiger partial charge is 0.273 e. The standard InChI is InChI=1S/C17H29N3O2/c1-12(2)15-10-14(19-22-15)16(21)18-17(4,5)11-20-8-6-13(3)7-9-20/h10,12-13H,6-9,11H2,1-5H3,(H,18,21). The van der Waals surface area contributed by atoms with Gasteiger partial charge < -0.3 is 14.7 Å². The number of carbonyl (C=O) groups excluding carboxylic acids is 1. The number of aromatic nitrogens is 1. The average Bonchev–Trinajstić information content (AvgIpc) is 2.90. The van der Waals surface area contributed by atoms with Crippen LogP contribution in [0.5, 0.6) is 0 Å². The van der Waals surface area contributed by atoms with Gasteiger partial charge in [0.25, 0.3) is 5.91 Å². The fourth-order valence-electron chi connectivity index (χ4n) is 2.86. The van der Waals surface area contributed by atoms with Crippen molar-refractivity contribution in [3.63, 3.8) is 0 Å². The molecule has 0 radical (unpaired) electrons. The minimum Gasteiger partial charge on any atom is -0.360 e. The van der Waals surface area contributed by atoms with E-state index in [9.17, 15) is 4.79 Å². The highest BCUT2D eigenvalue weighted by molar-refractivity contribution is 5.92. The van der Waals surface area contributed by atoms with Gasteiger partial charge in [0.1, 0.15) is 5.76 Å². The van der Waals surface area contributed by atoms with Crippen molar-refractivity contribution in [3.05, 3.63) is 17.5 Å². The van der Waals surface area contributed by atoms with Gasteiger partial charge in [0, 0.05) is 24.1 Å². The SMILES string of the molecule is CC1CCN(CC(C)(C)NC(=O)c2cc(C(C)C)on2)CC1. The van der Waals surface area contributed by atoms with Crippen molar-refractivity contribution < 1.29 is 9.32 Å². The van der Waals surface area contributed by atoms with Gasteiger partial charge in [-0.3, -0.25) is 4.79 Å². The predicted molar refractivity (Wildman–Crippen MR) is 87.0 cm³/mol. The summed E-state index contributed by atoms with van der Waals surface area (Å²) in [5.74, 6) is 1.63. The van der Waals surface area contributed by atoms with E-state index in [4.69, 9.17) is 4.52 Å². The summed E-state index contributed by atoms with van der Waals surface area (Å²) < 4.78 is 5.20. The molecule has 0 aliphatic carbocycles. The van der Waals surface area contributed by atoms with Crippen molar-refractivity contribution >= 4 is 5.91 Å². The lowest BCUT2D eigenvalue weighted by atomic mass is 9.96. The molecule has 1 saturated heterocycles. The van der Waals surface area contributed by atoms with Gasteiger partial charge in [0.15, 0.2) is 5.69 Å². The number of amides is 1. The maximum Gasteiger partial charge on any atom is 0.273 e. The second kappa shape index (κ2) is 6.82. The minimum absolute atomic E-state index is 0.161. The molecule has 0 spiro atoms. The quantitative estimate of drug-likeness (QED) is 0.908. The molecule has 0 atom stereocenters. The summed E-state index contributed by atoms with van der Waals surface area (Å²) in [5, 5.41) is 6.96. The van der Waals surface area contributed by atoms with Gasteiger partial charge in [-0.2, -0.15) is 0 Å². The molecule has 22 heavy (non-hydrogen) atoms. The molecule has 1 amide bonds. The van der Waals surface area contributed by atoms with E-state index in [1.807, 2.05) is 13.8 Å². The van der Waals surface area contributed by atoms with Crippen LogP contribution in [0.3, 0.4) is 0 Å². The second-order valence-corrected chi connectivity index (χ2v) is 7.57. The van der Waals surface area contributed by atoms with E-state index in [0.29, 0.717) is 5.69 Å². The van der Waals surface area contributed by atoms with E-state index in [1.54, 1.807) is 6.07 Å². The summed E-state index contributed by atoms with van der Waals surface area (Å²) in [6.07, 6.45) is 2.48. The lowest BCUT2D eigenvalue weighted by Gasteiger charge is -2.36. The normalized spacial score (nSPS) is 17.9. The van der Waals surface area contributed by atoms with E-state index < -0.39 is 0 Å². The summed E-state index contributed by atoms with van der Waals surface area (Å²) in [6.45, 7) is 13.6. The molecule has 5 nitrogen and oxygen atoms in total. The Morgan fingerprint density at radius 1 is 1.45 bits per heavy atom. The summed E-state index contributed by atoms with van der Waals surface area (Å²) in [4.78, 5) is 14.8. The van der Waals surface area contributed by atoms with Crippen LogP contribution in [0.15, 0.2) is 10.6 Å². The maximum absolute atomic E-state index is 12.3. The van der Waals surface area contributed by atoms with Gasteiger partial charge in [0.05, 0.1) is 0 Å². The van der Waals surface area contributed by atoms with Gasteiger partial charge >= 0.3 is 0 Å². The Balaban J connectivity index is 1.91. The van der Waals surface area contributed by atoms with Crippen LogP contribution < -0.4 is 5.32 Å². The van der Waals surface area contributed by atoms with Gasteiger partial charge in [-0.1, -0.05) is 25.9 Å². The minimum atomic E-state index is -0.283. The molecule has 1 fully saturated rings. The Morgan fingerprint density at radius 2 is 2.09 bits per heavy atom. The number of carbonyl (C=O) groups is 1. The van der Waals surface area contributed by atoms with Crippen LogP contribution >= 0.6 is 0 Å². The molecule has 0 aromatic carbocycles. The van der Waals surface area contributed by atoms with Crippen LogP contribution in [0, 0.1) is 5.92 Å². The second-order valence-electron chi connectivity index (χ2n) is 7.57. The monoisotopic (exact) mass is 307 g/mol. The first-order valence-corrected chi connectivity index (χ1v) is 8.28. The molecule has 1 aliphatic heterocycles. The van der Waals surface area contributed by atoms with Gasteiger partial charge in [0.2, 0.25) is 0 Å². The first kappa shape index (κ1) is 17.0. The Morgan fingerprint density at radius 3 is 2.64 bits per heavy atom. The number of hydrogen-bond donors (Lipinski definition) is 1. The molecule has 2 rings (SSSR count).